The standard InChI is InChI=1S/C17H17NO3/c19-17(16-10-11-4-1-2-6-14(11)21-16)18-13-5-3-7-15-12(13)8-9-20-15/h1-2,4,6,8-9,13,16H,3,5,7,10H2,(H,18,19). The van der Waals surface area contributed by atoms with Crippen LogP contribution in [0.3, 0.4) is 0 Å². The minimum atomic E-state index is -0.417. The van der Waals surface area contributed by atoms with Crippen LogP contribution in [-0.4, -0.2) is 12.0 Å². The van der Waals surface area contributed by atoms with Gasteiger partial charge in [0.05, 0.1) is 12.3 Å². The van der Waals surface area contributed by atoms with Crippen LogP contribution in [0.25, 0.3) is 0 Å². The van der Waals surface area contributed by atoms with Gasteiger partial charge in [-0.15, -0.1) is 0 Å². The third-order valence-electron chi connectivity index (χ3n) is 4.31. The van der Waals surface area contributed by atoms with Crippen LogP contribution in [0.4, 0.5) is 0 Å². The molecule has 108 valence electrons. The number of benzene rings is 1. The number of ether oxygens (including phenoxy) is 1. The first-order valence-corrected chi connectivity index (χ1v) is 7.42. The molecule has 4 rings (SSSR count). The zero-order valence-corrected chi connectivity index (χ0v) is 11.7. The molecule has 1 N–H and O–H groups in total. The average molecular weight is 283 g/mol. The van der Waals surface area contributed by atoms with Gasteiger partial charge < -0.3 is 14.5 Å². The van der Waals surface area contributed by atoms with E-state index >= 15 is 0 Å². The fourth-order valence-corrected chi connectivity index (χ4v) is 3.23. The van der Waals surface area contributed by atoms with Crippen LogP contribution in [0.1, 0.15) is 35.8 Å². The predicted molar refractivity (Wildman–Crippen MR) is 77.1 cm³/mol. The van der Waals surface area contributed by atoms with Gasteiger partial charge in [-0.2, -0.15) is 0 Å². The molecular formula is C17H17NO3. The highest BCUT2D eigenvalue weighted by Crippen LogP contribution is 2.32. The second-order valence-corrected chi connectivity index (χ2v) is 5.67. The summed E-state index contributed by atoms with van der Waals surface area (Å²) in [5.41, 5.74) is 2.22. The van der Waals surface area contributed by atoms with E-state index in [4.69, 9.17) is 9.15 Å². The lowest BCUT2D eigenvalue weighted by molar-refractivity contribution is -0.128. The number of furan rings is 1. The van der Waals surface area contributed by atoms with Gasteiger partial charge in [-0.25, -0.2) is 0 Å². The van der Waals surface area contributed by atoms with Gasteiger partial charge in [0, 0.05) is 18.4 Å². The van der Waals surface area contributed by atoms with Gasteiger partial charge in [0.25, 0.3) is 5.91 Å². The maximum atomic E-state index is 12.4. The Balaban J connectivity index is 1.47. The van der Waals surface area contributed by atoms with E-state index < -0.39 is 6.10 Å². The normalized spacial score (nSPS) is 23.0. The fourth-order valence-electron chi connectivity index (χ4n) is 3.23. The van der Waals surface area contributed by atoms with E-state index in [9.17, 15) is 4.79 Å². The van der Waals surface area contributed by atoms with Crippen LogP contribution < -0.4 is 10.1 Å². The highest BCUT2D eigenvalue weighted by Gasteiger charge is 2.32. The minimum Gasteiger partial charge on any atom is -0.480 e. The molecule has 0 saturated heterocycles. The zero-order chi connectivity index (χ0) is 14.2. The van der Waals surface area contributed by atoms with E-state index in [1.807, 2.05) is 30.3 Å². The summed E-state index contributed by atoms with van der Waals surface area (Å²) in [5.74, 6) is 1.79. The summed E-state index contributed by atoms with van der Waals surface area (Å²) in [7, 11) is 0. The van der Waals surface area contributed by atoms with E-state index in [-0.39, 0.29) is 11.9 Å². The van der Waals surface area contributed by atoms with Crippen molar-refractivity contribution >= 4 is 5.91 Å². The molecule has 1 amide bonds. The maximum absolute atomic E-state index is 12.4. The Bertz CT molecular complexity index is 651. The molecule has 2 aromatic rings. The number of carbonyl (C=O) groups is 1. The molecule has 1 aliphatic heterocycles. The van der Waals surface area contributed by atoms with Crippen molar-refractivity contribution in [2.75, 3.05) is 0 Å². The monoisotopic (exact) mass is 283 g/mol. The van der Waals surface area contributed by atoms with Crippen molar-refractivity contribution in [3.63, 3.8) is 0 Å². The molecule has 1 aliphatic carbocycles. The van der Waals surface area contributed by atoms with Gasteiger partial charge in [-0.1, -0.05) is 18.2 Å². The van der Waals surface area contributed by atoms with Crippen LogP contribution >= 0.6 is 0 Å². The Morgan fingerprint density at radius 3 is 3.05 bits per heavy atom. The van der Waals surface area contributed by atoms with Gasteiger partial charge in [0.15, 0.2) is 6.10 Å². The quantitative estimate of drug-likeness (QED) is 0.922. The Labute approximate surface area is 123 Å². The Hall–Kier alpha value is -2.23. The number of amides is 1. The van der Waals surface area contributed by atoms with Crippen LogP contribution in [-0.2, 0) is 17.6 Å². The SMILES string of the molecule is O=C(NC1CCCc2occc21)C1Cc2ccccc2O1. The number of fused-ring (bicyclic) bond motifs is 2. The number of hydrogen-bond donors (Lipinski definition) is 1. The van der Waals surface area contributed by atoms with Crippen LogP contribution in [0.2, 0.25) is 0 Å². The van der Waals surface area contributed by atoms with Crippen molar-refractivity contribution in [2.24, 2.45) is 0 Å². The molecule has 1 aromatic heterocycles. The number of para-hydroxylation sites is 1. The summed E-state index contributed by atoms with van der Waals surface area (Å²) in [6.45, 7) is 0. The number of nitrogens with one attached hydrogen (secondary N) is 1. The van der Waals surface area contributed by atoms with Crippen LogP contribution in [0.5, 0.6) is 5.75 Å². The lowest BCUT2D eigenvalue weighted by Crippen LogP contribution is -2.40. The number of aryl methyl sites for hydroxylation is 1. The summed E-state index contributed by atoms with van der Waals surface area (Å²) >= 11 is 0. The first-order chi connectivity index (χ1) is 10.3. The maximum Gasteiger partial charge on any atom is 0.261 e. The van der Waals surface area contributed by atoms with Crippen LogP contribution in [0, 0.1) is 0 Å². The van der Waals surface area contributed by atoms with E-state index in [2.05, 4.69) is 5.32 Å². The average Bonchev–Trinajstić information content (AvgIpc) is 3.14. The van der Waals surface area contributed by atoms with Gasteiger partial charge >= 0.3 is 0 Å². The molecule has 4 heteroatoms. The van der Waals surface area contributed by atoms with E-state index in [1.165, 1.54) is 0 Å². The van der Waals surface area contributed by atoms with Gasteiger partial charge in [-0.05, 0) is 30.5 Å². The molecule has 0 fully saturated rings. The Kier molecular flexibility index (Phi) is 2.95. The predicted octanol–water partition coefficient (Wildman–Crippen LogP) is 2.78. The molecule has 0 bridgehead atoms. The van der Waals surface area contributed by atoms with E-state index in [1.54, 1.807) is 6.26 Å². The molecule has 1 aromatic carbocycles. The van der Waals surface area contributed by atoms with Crippen molar-refractivity contribution in [1.82, 2.24) is 5.32 Å². The van der Waals surface area contributed by atoms with Crippen molar-refractivity contribution in [3.8, 4) is 5.75 Å². The molecule has 0 spiro atoms. The summed E-state index contributed by atoms with van der Waals surface area (Å²) in [4.78, 5) is 12.4. The molecule has 2 heterocycles. The highest BCUT2D eigenvalue weighted by atomic mass is 16.5. The summed E-state index contributed by atoms with van der Waals surface area (Å²) in [6, 6.07) is 9.84. The largest absolute Gasteiger partial charge is 0.480 e. The topological polar surface area (TPSA) is 51.5 Å². The summed E-state index contributed by atoms with van der Waals surface area (Å²) in [6.07, 6.45) is 4.89. The Morgan fingerprint density at radius 2 is 2.14 bits per heavy atom. The smallest absolute Gasteiger partial charge is 0.261 e. The highest BCUT2D eigenvalue weighted by molar-refractivity contribution is 5.83. The van der Waals surface area contributed by atoms with Gasteiger partial charge in [-0.3, -0.25) is 4.79 Å². The Morgan fingerprint density at radius 1 is 1.24 bits per heavy atom. The third-order valence-corrected chi connectivity index (χ3v) is 4.31. The van der Waals surface area contributed by atoms with Crippen molar-refractivity contribution < 1.29 is 13.9 Å². The molecular weight excluding hydrogens is 266 g/mol. The van der Waals surface area contributed by atoms with Gasteiger partial charge in [0.2, 0.25) is 0 Å². The second kappa shape index (κ2) is 4.95. The number of carbonyl (C=O) groups excluding carboxylic acids is 1. The van der Waals surface area contributed by atoms with Crippen molar-refractivity contribution in [2.45, 2.75) is 37.8 Å². The molecule has 2 atom stereocenters. The minimum absolute atomic E-state index is 0.0368. The van der Waals surface area contributed by atoms with E-state index in [0.29, 0.717) is 6.42 Å². The van der Waals surface area contributed by atoms with Crippen LogP contribution in [0.15, 0.2) is 41.0 Å². The fraction of sp³-hybridized carbons (Fsp3) is 0.353. The molecule has 0 radical (unpaired) electrons. The van der Waals surface area contributed by atoms with Crippen molar-refractivity contribution in [1.29, 1.82) is 0 Å². The molecule has 2 unspecified atom stereocenters. The molecule has 0 saturated carbocycles. The zero-order valence-electron chi connectivity index (χ0n) is 11.7. The first-order valence-electron chi connectivity index (χ1n) is 7.42. The number of hydrogen-bond acceptors (Lipinski definition) is 3. The first kappa shape index (κ1) is 12.5. The molecule has 4 nitrogen and oxygen atoms in total. The second-order valence-electron chi connectivity index (χ2n) is 5.67. The van der Waals surface area contributed by atoms with Gasteiger partial charge in [0.1, 0.15) is 11.5 Å². The summed E-state index contributed by atoms with van der Waals surface area (Å²) < 4.78 is 11.2. The van der Waals surface area contributed by atoms with E-state index in [0.717, 1.165) is 41.9 Å². The third kappa shape index (κ3) is 2.20. The lowest BCUT2D eigenvalue weighted by atomic mass is 9.93. The summed E-state index contributed by atoms with van der Waals surface area (Å²) in [5, 5.41) is 3.11. The number of rotatable bonds is 2. The molecule has 21 heavy (non-hydrogen) atoms. The lowest BCUT2D eigenvalue weighted by Gasteiger charge is -2.24. The van der Waals surface area contributed by atoms with Crippen molar-refractivity contribution in [3.05, 3.63) is 53.5 Å². The molecule has 2 aliphatic rings.